The standard InChI is InChI=1S/C45H29N5/c1-4-14-30(15-5-1)32-24-26-35(27-25-32)49-39-22-12-10-20-36(39)42-44(49)48-45-43(47-42)37-21-11-13-23-40(37)50(45)41-29-34(31-16-6-2-7-17-31)28-38(46-41)33-18-8-3-9-19-33/h1-29H. The van der Waals surface area contributed by atoms with Crippen molar-refractivity contribution in [2.75, 3.05) is 0 Å². The maximum atomic E-state index is 5.51. The van der Waals surface area contributed by atoms with Crippen LogP contribution in [0.4, 0.5) is 0 Å². The molecule has 0 aliphatic heterocycles. The van der Waals surface area contributed by atoms with Gasteiger partial charge in [-0.05, 0) is 58.7 Å². The van der Waals surface area contributed by atoms with Crippen molar-refractivity contribution in [3.05, 3.63) is 176 Å². The second kappa shape index (κ2) is 11.4. The van der Waals surface area contributed by atoms with E-state index in [9.17, 15) is 0 Å². The molecule has 4 heterocycles. The summed E-state index contributed by atoms with van der Waals surface area (Å²) in [5.41, 5.74) is 12.9. The van der Waals surface area contributed by atoms with Gasteiger partial charge >= 0.3 is 0 Å². The van der Waals surface area contributed by atoms with Crippen LogP contribution in [0.5, 0.6) is 0 Å². The summed E-state index contributed by atoms with van der Waals surface area (Å²) in [6.07, 6.45) is 0. The fraction of sp³-hybridized carbons (Fsp3) is 0. The number of nitrogens with zero attached hydrogens (tertiary/aromatic N) is 5. The minimum absolute atomic E-state index is 0.764. The van der Waals surface area contributed by atoms with E-state index in [-0.39, 0.29) is 0 Å². The van der Waals surface area contributed by atoms with Gasteiger partial charge in [0.2, 0.25) is 0 Å². The van der Waals surface area contributed by atoms with Crippen LogP contribution in [0.25, 0.3) is 89.2 Å². The van der Waals surface area contributed by atoms with Crippen molar-refractivity contribution >= 4 is 44.1 Å². The molecule has 5 nitrogen and oxygen atoms in total. The molecule has 50 heavy (non-hydrogen) atoms. The quantitative estimate of drug-likeness (QED) is 0.188. The Kier molecular flexibility index (Phi) is 6.42. The van der Waals surface area contributed by atoms with Crippen LogP contribution in [0.2, 0.25) is 0 Å². The fourth-order valence-corrected chi connectivity index (χ4v) is 7.17. The van der Waals surface area contributed by atoms with E-state index < -0.39 is 0 Å². The lowest BCUT2D eigenvalue weighted by Gasteiger charge is -2.13. The van der Waals surface area contributed by atoms with Gasteiger partial charge in [0, 0.05) is 22.0 Å². The molecule has 0 saturated carbocycles. The van der Waals surface area contributed by atoms with Crippen LogP contribution in [0.1, 0.15) is 0 Å². The monoisotopic (exact) mass is 639 g/mol. The van der Waals surface area contributed by atoms with Crippen LogP contribution < -0.4 is 0 Å². The lowest BCUT2D eigenvalue weighted by atomic mass is 10.0. The Labute approximate surface area is 288 Å². The molecule has 10 aromatic rings. The highest BCUT2D eigenvalue weighted by Crippen LogP contribution is 2.37. The number of rotatable bonds is 5. The first kappa shape index (κ1) is 28.2. The lowest BCUT2D eigenvalue weighted by molar-refractivity contribution is 1.05. The second-order valence-electron chi connectivity index (χ2n) is 12.5. The fourth-order valence-electron chi connectivity index (χ4n) is 7.17. The van der Waals surface area contributed by atoms with E-state index in [1.165, 1.54) is 11.1 Å². The molecule has 5 heteroatoms. The van der Waals surface area contributed by atoms with E-state index in [2.05, 4.69) is 167 Å². The van der Waals surface area contributed by atoms with Gasteiger partial charge < -0.3 is 0 Å². The van der Waals surface area contributed by atoms with E-state index in [4.69, 9.17) is 15.0 Å². The second-order valence-corrected chi connectivity index (χ2v) is 12.5. The third kappa shape index (κ3) is 4.52. The van der Waals surface area contributed by atoms with Gasteiger partial charge in [-0.1, -0.05) is 140 Å². The Bertz CT molecular complexity index is 2780. The summed E-state index contributed by atoms with van der Waals surface area (Å²) < 4.78 is 4.41. The van der Waals surface area contributed by atoms with Gasteiger partial charge in [0.1, 0.15) is 16.9 Å². The average molecular weight is 640 g/mol. The summed E-state index contributed by atoms with van der Waals surface area (Å²) in [6.45, 7) is 0. The van der Waals surface area contributed by atoms with Gasteiger partial charge in [-0.3, -0.25) is 9.13 Å². The predicted octanol–water partition coefficient (Wildman–Crippen LogP) is 11.1. The Balaban J connectivity index is 1.26. The molecule has 0 N–H and O–H groups in total. The number of hydrogen-bond acceptors (Lipinski definition) is 3. The topological polar surface area (TPSA) is 48.5 Å². The normalized spacial score (nSPS) is 11.6. The van der Waals surface area contributed by atoms with Crippen molar-refractivity contribution in [2.45, 2.75) is 0 Å². The van der Waals surface area contributed by atoms with Gasteiger partial charge in [-0.25, -0.2) is 15.0 Å². The molecule has 6 aromatic carbocycles. The van der Waals surface area contributed by atoms with Crippen molar-refractivity contribution in [2.24, 2.45) is 0 Å². The van der Waals surface area contributed by atoms with Crippen LogP contribution >= 0.6 is 0 Å². The Morgan fingerprint density at radius 3 is 1.44 bits per heavy atom. The smallest absolute Gasteiger partial charge is 0.168 e. The van der Waals surface area contributed by atoms with Crippen molar-refractivity contribution in [1.82, 2.24) is 24.1 Å². The van der Waals surface area contributed by atoms with Gasteiger partial charge in [-0.15, -0.1) is 0 Å². The first-order valence-corrected chi connectivity index (χ1v) is 16.8. The highest BCUT2D eigenvalue weighted by Gasteiger charge is 2.22. The third-order valence-electron chi connectivity index (χ3n) is 9.53. The molecule has 0 aliphatic carbocycles. The summed E-state index contributed by atoms with van der Waals surface area (Å²) in [6, 6.07) is 61.2. The molecular weight excluding hydrogens is 611 g/mol. The number of benzene rings is 6. The van der Waals surface area contributed by atoms with Gasteiger partial charge in [0.25, 0.3) is 0 Å². The minimum Gasteiger partial charge on any atom is -0.292 e. The summed E-state index contributed by atoms with van der Waals surface area (Å²) in [5, 5.41) is 2.10. The van der Waals surface area contributed by atoms with Crippen molar-refractivity contribution in [1.29, 1.82) is 0 Å². The third-order valence-corrected chi connectivity index (χ3v) is 9.53. The van der Waals surface area contributed by atoms with E-state index in [1.807, 2.05) is 18.2 Å². The van der Waals surface area contributed by atoms with Crippen molar-refractivity contribution in [3.8, 4) is 45.0 Å². The molecule has 0 spiro atoms. The van der Waals surface area contributed by atoms with Crippen LogP contribution in [-0.2, 0) is 0 Å². The Morgan fingerprint density at radius 2 is 0.820 bits per heavy atom. The first-order chi connectivity index (χ1) is 24.8. The van der Waals surface area contributed by atoms with Crippen molar-refractivity contribution < 1.29 is 0 Å². The van der Waals surface area contributed by atoms with Gasteiger partial charge in [-0.2, -0.15) is 0 Å². The summed E-state index contributed by atoms with van der Waals surface area (Å²) >= 11 is 0. The zero-order chi connectivity index (χ0) is 33.0. The summed E-state index contributed by atoms with van der Waals surface area (Å²) in [5.74, 6) is 0.792. The van der Waals surface area contributed by atoms with Crippen LogP contribution in [0.15, 0.2) is 176 Å². The zero-order valence-corrected chi connectivity index (χ0v) is 27.0. The number of aromatic nitrogens is 5. The van der Waals surface area contributed by atoms with E-state index >= 15 is 0 Å². The number of para-hydroxylation sites is 2. The Hall–Kier alpha value is -6.85. The molecule has 0 amide bonds. The molecule has 0 atom stereocenters. The highest BCUT2D eigenvalue weighted by atomic mass is 15.2. The summed E-state index contributed by atoms with van der Waals surface area (Å²) in [4.78, 5) is 16.2. The molecule has 0 saturated heterocycles. The SMILES string of the molecule is c1ccc(-c2ccc(-n3c4ccccc4c4nc5c6ccccc6n(-c6cc(-c7ccccc7)cc(-c7ccccc7)n6)c5nc43)cc2)cc1. The van der Waals surface area contributed by atoms with E-state index in [0.717, 1.165) is 78.0 Å². The molecule has 0 bridgehead atoms. The highest BCUT2D eigenvalue weighted by molar-refractivity contribution is 6.12. The maximum absolute atomic E-state index is 5.51. The molecule has 4 aromatic heterocycles. The minimum atomic E-state index is 0.764. The van der Waals surface area contributed by atoms with E-state index in [1.54, 1.807) is 0 Å². The molecule has 0 unspecified atom stereocenters. The Morgan fingerprint density at radius 1 is 0.340 bits per heavy atom. The molecule has 234 valence electrons. The largest absolute Gasteiger partial charge is 0.292 e. The zero-order valence-electron chi connectivity index (χ0n) is 27.0. The molecular formula is C45H29N5. The lowest BCUT2D eigenvalue weighted by Crippen LogP contribution is -2.02. The molecule has 0 fully saturated rings. The van der Waals surface area contributed by atoms with Crippen molar-refractivity contribution in [3.63, 3.8) is 0 Å². The predicted molar refractivity (Wildman–Crippen MR) is 205 cm³/mol. The first-order valence-electron chi connectivity index (χ1n) is 16.8. The number of pyridine rings is 1. The molecule has 10 rings (SSSR count). The van der Waals surface area contributed by atoms with Crippen LogP contribution in [-0.4, -0.2) is 24.1 Å². The molecule has 0 aliphatic rings. The van der Waals surface area contributed by atoms with Gasteiger partial charge in [0.05, 0.1) is 16.7 Å². The number of fused-ring (bicyclic) bond motifs is 6. The van der Waals surface area contributed by atoms with Crippen LogP contribution in [0, 0.1) is 0 Å². The van der Waals surface area contributed by atoms with E-state index in [0.29, 0.717) is 0 Å². The average Bonchev–Trinajstić information content (AvgIpc) is 3.70. The summed E-state index contributed by atoms with van der Waals surface area (Å²) in [7, 11) is 0. The van der Waals surface area contributed by atoms with Gasteiger partial charge in [0.15, 0.2) is 11.3 Å². The number of hydrogen-bond donors (Lipinski definition) is 0. The maximum Gasteiger partial charge on any atom is 0.168 e. The molecule has 0 radical (unpaired) electrons. The van der Waals surface area contributed by atoms with Crippen LogP contribution in [0.3, 0.4) is 0 Å².